The Hall–Kier alpha value is -6.32. The van der Waals surface area contributed by atoms with Crippen molar-refractivity contribution in [1.82, 2.24) is 19.7 Å². The van der Waals surface area contributed by atoms with Crippen molar-refractivity contribution in [3.63, 3.8) is 0 Å². The molecule has 15 heteroatoms. The fraction of sp³-hybridized carbons (Fsp3) is 0.0667. The Labute approximate surface area is 251 Å². The summed E-state index contributed by atoms with van der Waals surface area (Å²) in [5.74, 6) is -1.55. The number of carboxylic acids is 1. The SMILES string of the molecule is Cc1c(/C=C/C=c2/c(C)c3c([nH]c2=O)=NN(c2ccc(C(=O)O)cc2)C3=O)c(O)[nH]c2nn(-c3ccc(OOO)cc3)c(=O)c1-2. The molecule has 1 aromatic heterocycles. The zero-order chi connectivity index (χ0) is 32.0. The molecule has 0 bridgehead atoms. The molecule has 6 rings (SSSR count). The van der Waals surface area contributed by atoms with Gasteiger partial charge in [-0.2, -0.15) is 9.69 Å². The third-order valence-electron chi connectivity index (χ3n) is 7.31. The van der Waals surface area contributed by atoms with Crippen LogP contribution in [0, 0.1) is 13.8 Å². The van der Waals surface area contributed by atoms with Gasteiger partial charge < -0.3 is 25.1 Å². The number of pyridine rings is 2. The Bertz CT molecular complexity index is 2250. The summed E-state index contributed by atoms with van der Waals surface area (Å²) in [5, 5.41) is 41.7. The number of amides is 1. The molecule has 0 saturated carbocycles. The maximum absolute atomic E-state index is 13.3. The van der Waals surface area contributed by atoms with Crippen LogP contribution in [0.15, 0.2) is 69.3 Å². The number of carboxylic acid groups (broad SMARTS) is 1. The first-order valence-electron chi connectivity index (χ1n) is 13.2. The molecule has 0 aliphatic carbocycles. The molecule has 4 heterocycles. The Morgan fingerprint density at radius 3 is 2.29 bits per heavy atom. The van der Waals surface area contributed by atoms with Crippen LogP contribution in [0.5, 0.6) is 11.6 Å². The molecule has 3 aromatic rings. The first-order valence-corrected chi connectivity index (χ1v) is 13.2. The van der Waals surface area contributed by atoms with Crippen molar-refractivity contribution in [1.29, 1.82) is 0 Å². The third kappa shape index (κ3) is 4.93. The van der Waals surface area contributed by atoms with Crippen molar-refractivity contribution in [2.24, 2.45) is 5.10 Å². The molecule has 3 aliphatic rings. The summed E-state index contributed by atoms with van der Waals surface area (Å²) in [6.07, 6.45) is 4.48. The average Bonchev–Trinajstić information content (AvgIpc) is 3.52. The second-order valence-electron chi connectivity index (χ2n) is 9.92. The van der Waals surface area contributed by atoms with Crippen molar-refractivity contribution >= 4 is 29.7 Å². The van der Waals surface area contributed by atoms with Gasteiger partial charge in [0.1, 0.15) is 0 Å². The number of aromatic carboxylic acids is 1. The van der Waals surface area contributed by atoms with Gasteiger partial charge in [0.25, 0.3) is 17.0 Å². The van der Waals surface area contributed by atoms with Gasteiger partial charge in [-0.15, -0.1) is 10.2 Å². The van der Waals surface area contributed by atoms with Crippen LogP contribution in [0.2, 0.25) is 0 Å². The summed E-state index contributed by atoms with van der Waals surface area (Å²) in [6, 6.07) is 11.5. The van der Waals surface area contributed by atoms with E-state index in [1.54, 1.807) is 13.8 Å². The number of aromatic nitrogens is 4. The molecular formula is C30H22N6O9. The summed E-state index contributed by atoms with van der Waals surface area (Å²) in [7, 11) is 0. The zero-order valence-electron chi connectivity index (χ0n) is 23.4. The fourth-order valence-electron chi connectivity index (χ4n) is 5.05. The first kappa shape index (κ1) is 28.8. The summed E-state index contributed by atoms with van der Waals surface area (Å²) < 4.78 is 1.14. The van der Waals surface area contributed by atoms with Crippen molar-refractivity contribution < 1.29 is 35.0 Å². The maximum atomic E-state index is 13.3. The summed E-state index contributed by atoms with van der Waals surface area (Å²) in [5.41, 5.74) is 1.34. The van der Waals surface area contributed by atoms with Gasteiger partial charge in [-0.25, -0.2) is 10.1 Å². The lowest BCUT2D eigenvalue weighted by Crippen LogP contribution is -2.38. The molecule has 0 fully saturated rings. The molecule has 0 spiro atoms. The molecule has 0 atom stereocenters. The highest BCUT2D eigenvalue weighted by Gasteiger charge is 2.28. The minimum Gasteiger partial charge on any atom is -0.494 e. The quantitative estimate of drug-likeness (QED) is 0.133. The van der Waals surface area contributed by atoms with Gasteiger partial charge in [0.05, 0.1) is 28.1 Å². The van der Waals surface area contributed by atoms with Gasteiger partial charge in [0.15, 0.2) is 22.9 Å². The number of H-pyrrole nitrogens is 2. The zero-order valence-corrected chi connectivity index (χ0v) is 23.4. The number of rotatable bonds is 7. The third-order valence-corrected chi connectivity index (χ3v) is 7.31. The first-order chi connectivity index (χ1) is 21.6. The van der Waals surface area contributed by atoms with E-state index in [1.807, 2.05) is 0 Å². The van der Waals surface area contributed by atoms with Crippen LogP contribution in [-0.2, 0) is 5.04 Å². The number of allylic oxidation sites excluding steroid dienone is 1. The second-order valence-corrected chi connectivity index (χ2v) is 9.92. The number of nitrogens with zero attached hydrogens (tertiary/aromatic N) is 4. The van der Waals surface area contributed by atoms with E-state index in [0.717, 1.165) is 9.69 Å². The largest absolute Gasteiger partial charge is 0.494 e. The Kier molecular flexibility index (Phi) is 7.08. The predicted octanol–water partition coefficient (Wildman–Crippen LogP) is 1.85. The normalized spacial score (nSPS) is 13.1. The minimum atomic E-state index is -1.11. The highest BCUT2D eigenvalue weighted by molar-refractivity contribution is 6.08. The molecule has 15 nitrogen and oxygen atoms in total. The van der Waals surface area contributed by atoms with Crippen molar-refractivity contribution in [2.45, 2.75) is 13.8 Å². The smallest absolute Gasteiger partial charge is 0.335 e. The number of anilines is 1. The number of hydrogen-bond acceptors (Lipinski definition) is 10. The van der Waals surface area contributed by atoms with Crippen LogP contribution in [0.3, 0.4) is 0 Å². The molecule has 0 radical (unpaired) electrons. The van der Waals surface area contributed by atoms with E-state index in [0.29, 0.717) is 22.5 Å². The van der Waals surface area contributed by atoms with Gasteiger partial charge in [0.2, 0.25) is 0 Å². The summed E-state index contributed by atoms with van der Waals surface area (Å²) in [6.45, 7) is 3.25. The molecule has 0 unspecified atom stereocenters. The fourth-order valence-corrected chi connectivity index (χ4v) is 5.05. The van der Waals surface area contributed by atoms with Gasteiger partial charge in [-0.05, 0) is 90.7 Å². The second kappa shape index (κ2) is 11.1. The predicted molar refractivity (Wildman–Crippen MR) is 158 cm³/mol. The number of aromatic hydroxyl groups is 1. The highest BCUT2D eigenvalue weighted by atomic mass is 17.5. The highest BCUT2D eigenvalue weighted by Crippen LogP contribution is 2.30. The molecular weight excluding hydrogens is 588 g/mol. The monoisotopic (exact) mass is 610 g/mol. The Morgan fingerprint density at radius 1 is 0.933 bits per heavy atom. The van der Waals surface area contributed by atoms with Crippen LogP contribution < -0.4 is 31.7 Å². The molecule has 45 heavy (non-hydrogen) atoms. The summed E-state index contributed by atoms with van der Waals surface area (Å²) in [4.78, 5) is 60.5. The van der Waals surface area contributed by atoms with Crippen LogP contribution in [0.25, 0.3) is 29.2 Å². The molecule has 226 valence electrons. The number of carbonyl (C=O) groups is 2. The van der Waals surface area contributed by atoms with Crippen LogP contribution in [-0.4, -0.2) is 47.1 Å². The van der Waals surface area contributed by atoms with E-state index in [4.69, 9.17) is 10.4 Å². The summed E-state index contributed by atoms with van der Waals surface area (Å²) >= 11 is 0. The number of benzene rings is 2. The molecule has 1 amide bonds. The number of nitrogens with one attached hydrogen (secondary N) is 2. The molecule has 2 aromatic carbocycles. The van der Waals surface area contributed by atoms with E-state index >= 15 is 0 Å². The number of hydrogen-bond donors (Lipinski definition) is 5. The van der Waals surface area contributed by atoms with E-state index in [9.17, 15) is 24.3 Å². The standard InChI is InChI=1S/C30H22N6O9/c1-14-20(26(37)31-24-22(14)28(39)35(33-24)17-8-6-16(7-9-17)30(41)42)4-3-5-21-15(2)23-25(32-27(21)38)34-36(29(23)40)18-10-12-19(13-11-18)44-45-43/h3-13,43H,1-2H3,(H,41,42)(H,31,33,37)(H2,32,34,38)/b5-3+,20-4-. The van der Waals surface area contributed by atoms with Gasteiger partial charge >= 0.3 is 5.97 Å². The van der Waals surface area contributed by atoms with Crippen molar-refractivity contribution in [3.05, 3.63) is 114 Å². The van der Waals surface area contributed by atoms with E-state index < -0.39 is 23.0 Å². The number of aromatic amines is 2. The number of carbonyl (C=O) groups excluding carboxylic acids is 1. The molecule has 3 aliphatic heterocycles. The van der Waals surface area contributed by atoms with E-state index in [-0.39, 0.29) is 50.4 Å². The average molecular weight is 611 g/mol. The molecule has 5 N–H and O–H groups in total. The lowest BCUT2D eigenvalue weighted by molar-refractivity contribution is -0.438. The lowest BCUT2D eigenvalue weighted by atomic mass is 10.0. The van der Waals surface area contributed by atoms with Crippen LogP contribution in [0.4, 0.5) is 5.69 Å². The topological polar surface area (TPSA) is 212 Å². The van der Waals surface area contributed by atoms with Crippen LogP contribution in [0.1, 0.15) is 37.4 Å². The van der Waals surface area contributed by atoms with E-state index in [2.05, 4.69) is 30.1 Å². The Balaban J connectivity index is 1.34. The Morgan fingerprint density at radius 2 is 1.62 bits per heavy atom. The van der Waals surface area contributed by atoms with Gasteiger partial charge in [-0.1, -0.05) is 6.08 Å². The minimum absolute atomic E-state index is 0.0468. The van der Waals surface area contributed by atoms with Gasteiger partial charge in [0, 0.05) is 10.8 Å². The number of fused-ring (bicyclic) bond motifs is 2. The molecule has 0 saturated heterocycles. The van der Waals surface area contributed by atoms with Gasteiger partial charge in [-0.3, -0.25) is 14.4 Å². The van der Waals surface area contributed by atoms with Crippen molar-refractivity contribution in [2.75, 3.05) is 5.01 Å². The lowest BCUT2D eigenvalue weighted by Gasteiger charge is -2.12. The van der Waals surface area contributed by atoms with E-state index in [1.165, 1.54) is 66.8 Å². The maximum Gasteiger partial charge on any atom is 0.335 e. The van der Waals surface area contributed by atoms with Crippen molar-refractivity contribution in [3.8, 4) is 28.7 Å². The van der Waals surface area contributed by atoms with Crippen LogP contribution >= 0.6 is 0 Å².